The van der Waals surface area contributed by atoms with Gasteiger partial charge in [0.25, 0.3) is 5.69 Å². The van der Waals surface area contributed by atoms with E-state index in [0.717, 1.165) is 29.9 Å². The lowest BCUT2D eigenvalue weighted by molar-refractivity contribution is -0.384. The zero-order valence-corrected chi connectivity index (χ0v) is 15.1. The summed E-state index contributed by atoms with van der Waals surface area (Å²) in [7, 11) is -1.69. The van der Waals surface area contributed by atoms with Crippen LogP contribution < -0.4 is 10.2 Å². The van der Waals surface area contributed by atoms with Crippen LogP contribution in [0.1, 0.15) is 0 Å². The summed E-state index contributed by atoms with van der Waals surface area (Å²) in [5.74, 6) is 0.992. The number of nitrogens with zero attached hydrogens (tertiary/aromatic N) is 5. The van der Waals surface area contributed by atoms with Crippen LogP contribution in [0.25, 0.3) is 5.69 Å². The molecule has 0 N–H and O–H groups in total. The van der Waals surface area contributed by atoms with Crippen molar-refractivity contribution in [1.29, 1.82) is 0 Å². The standard InChI is InChI=1S/C15H21N5O3Si/c1-24(2,3)14-15(18-8-10-23-11-9-18)19(17-16-14)12-4-6-13(7-5-12)20(21)22/h4-7H,8-11H2,1-3H3. The van der Waals surface area contributed by atoms with E-state index in [9.17, 15) is 10.1 Å². The topological polar surface area (TPSA) is 86.3 Å². The molecule has 0 amide bonds. The molecule has 24 heavy (non-hydrogen) atoms. The highest BCUT2D eigenvalue weighted by atomic mass is 28.3. The van der Waals surface area contributed by atoms with Crippen LogP contribution in [0.3, 0.4) is 0 Å². The zero-order chi connectivity index (χ0) is 17.3. The van der Waals surface area contributed by atoms with Crippen LogP contribution in [-0.2, 0) is 4.74 Å². The normalized spacial score (nSPS) is 15.5. The lowest BCUT2D eigenvalue weighted by Crippen LogP contribution is -2.46. The maximum atomic E-state index is 10.9. The van der Waals surface area contributed by atoms with Gasteiger partial charge < -0.3 is 9.64 Å². The van der Waals surface area contributed by atoms with Gasteiger partial charge in [-0.15, -0.1) is 5.10 Å². The molecule has 0 bridgehead atoms. The van der Waals surface area contributed by atoms with Crippen LogP contribution in [0.5, 0.6) is 0 Å². The van der Waals surface area contributed by atoms with E-state index in [1.807, 2.05) is 0 Å². The first-order valence-electron chi connectivity index (χ1n) is 7.91. The van der Waals surface area contributed by atoms with Crippen molar-refractivity contribution in [2.45, 2.75) is 19.6 Å². The van der Waals surface area contributed by atoms with Gasteiger partial charge in [0.15, 0.2) is 5.82 Å². The van der Waals surface area contributed by atoms with Crippen molar-refractivity contribution in [3.63, 3.8) is 0 Å². The molecular formula is C15H21N5O3Si. The van der Waals surface area contributed by atoms with Gasteiger partial charge in [0.05, 0.1) is 29.1 Å². The van der Waals surface area contributed by atoms with E-state index in [-0.39, 0.29) is 5.69 Å². The third-order valence-corrected chi connectivity index (χ3v) is 5.72. The van der Waals surface area contributed by atoms with E-state index in [1.54, 1.807) is 16.8 Å². The maximum Gasteiger partial charge on any atom is 0.269 e. The van der Waals surface area contributed by atoms with Gasteiger partial charge in [0.1, 0.15) is 8.07 Å². The number of aromatic nitrogens is 3. The molecule has 0 spiro atoms. The Hall–Kier alpha value is -2.26. The first-order chi connectivity index (χ1) is 11.4. The van der Waals surface area contributed by atoms with Crippen LogP contribution in [0.2, 0.25) is 19.6 Å². The Morgan fingerprint density at radius 2 is 1.79 bits per heavy atom. The summed E-state index contributed by atoms with van der Waals surface area (Å²) in [4.78, 5) is 12.7. The molecule has 1 saturated heterocycles. The number of rotatable bonds is 4. The molecule has 0 unspecified atom stereocenters. The van der Waals surface area contributed by atoms with E-state index in [2.05, 4.69) is 34.9 Å². The molecule has 0 atom stereocenters. The quantitative estimate of drug-likeness (QED) is 0.474. The molecule has 9 heteroatoms. The van der Waals surface area contributed by atoms with E-state index >= 15 is 0 Å². The van der Waals surface area contributed by atoms with Gasteiger partial charge in [-0.2, -0.15) is 4.68 Å². The Bertz CT molecular complexity index is 733. The summed E-state index contributed by atoms with van der Waals surface area (Å²) >= 11 is 0. The first-order valence-corrected chi connectivity index (χ1v) is 11.4. The highest BCUT2D eigenvalue weighted by Gasteiger charge is 2.31. The lowest BCUT2D eigenvalue weighted by Gasteiger charge is -2.31. The van der Waals surface area contributed by atoms with Crippen LogP contribution in [0.15, 0.2) is 24.3 Å². The van der Waals surface area contributed by atoms with Crippen molar-refractivity contribution in [3.8, 4) is 5.69 Å². The summed E-state index contributed by atoms with van der Waals surface area (Å²) in [6.07, 6.45) is 0. The van der Waals surface area contributed by atoms with Gasteiger partial charge in [-0.1, -0.05) is 24.9 Å². The summed E-state index contributed by atoms with van der Waals surface area (Å²) in [6.45, 7) is 9.65. The number of nitro benzene ring substituents is 1. The Labute approximate surface area is 141 Å². The predicted octanol–water partition coefficient (Wildman–Crippen LogP) is 1.56. The predicted molar refractivity (Wildman–Crippen MR) is 94.0 cm³/mol. The molecule has 2 heterocycles. The Kier molecular flexibility index (Phi) is 4.37. The van der Waals surface area contributed by atoms with E-state index in [0.29, 0.717) is 13.2 Å². The van der Waals surface area contributed by atoms with E-state index in [1.165, 1.54) is 12.1 Å². The summed E-state index contributed by atoms with van der Waals surface area (Å²) in [5.41, 5.74) is 0.844. The molecule has 8 nitrogen and oxygen atoms in total. The molecule has 128 valence electrons. The van der Waals surface area contributed by atoms with Crippen molar-refractivity contribution in [3.05, 3.63) is 34.4 Å². The van der Waals surface area contributed by atoms with E-state index in [4.69, 9.17) is 4.74 Å². The molecule has 1 aliphatic heterocycles. The third kappa shape index (κ3) is 3.17. The molecule has 1 fully saturated rings. The average Bonchev–Trinajstić information content (AvgIpc) is 3.01. The molecule has 0 radical (unpaired) electrons. The average molecular weight is 347 g/mol. The largest absolute Gasteiger partial charge is 0.378 e. The minimum absolute atomic E-state index is 0.0669. The minimum atomic E-state index is -1.69. The maximum absolute atomic E-state index is 10.9. The van der Waals surface area contributed by atoms with Gasteiger partial charge in [-0.05, 0) is 12.1 Å². The lowest BCUT2D eigenvalue weighted by atomic mass is 10.3. The number of benzene rings is 1. The summed E-state index contributed by atoms with van der Waals surface area (Å²) in [6, 6.07) is 6.41. The fraction of sp³-hybridized carbons (Fsp3) is 0.467. The van der Waals surface area contributed by atoms with Gasteiger partial charge in [-0.25, -0.2) is 0 Å². The monoisotopic (exact) mass is 347 g/mol. The summed E-state index contributed by atoms with van der Waals surface area (Å²) in [5, 5.41) is 20.7. The molecule has 1 aromatic carbocycles. The van der Waals surface area contributed by atoms with Crippen LogP contribution in [0.4, 0.5) is 11.5 Å². The molecule has 0 saturated carbocycles. The second-order valence-electron chi connectivity index (χ2n) is 6.80. The van der Waals surface area contributed by atoms with Crippen molar-refractivity contribution < 1.29 is 9.66 Å². The second-order valence-corrected chi connectivity index (χ2v) is 11.8. The van der Waals surface area contributed by atoms with Gasteiger partial charge in [0, 0.05) is 25.2 Å². The number of morpholine rings is 1. The fourth-order valence-corrected chi connectivity index (χ4v) is 3.99. The number of hydrogen-bond acceptors (Lipinski definition) is 6. The number of nitro groups is 1. The van der Waals surface area contributed by atoms with Crippen molar-refractivity contribution in [1.82, 2.24) is 15.0 Å². The van der Waals surface area contributed by atoms with Crippen LogP contribution in [-0.4, -0.2) is 54.3 Å². The first kappa shape index (κ1) is 16.6. The molecule has 2 aromatic rings. The Morgan fingerprint density at radius 1 is 1.17 bits per heavy atom. The fourth-order valence-electron chi connectivity index (χ4n) is 2.71. The number of hydrogen-bond donors (Lipinski definition) is 0. The van der Waals surface area contributed by atoms with Crippen molar-refractivity contribution in [2.75, 3.05) is 31.2 Å². The Morgan fingerprint density at radius 3 is 2.33 bits per heavy atom. The molecule has 1 aliphatic rings. The molecule has 0 aliphatic carbocycles. The third-order valence-electron chi connectivity index (χ3n) is 3.97. The zero-order valence-electron chi connectivity index (χ0n) is 14.1. The molecular weight excluding hydrogens is 326 g/mol. The Balaban J connectivity index is 2.06. The van der Waals surface area contributed by atoms with Gasteiger partial charge >= 0.3 is 0 Å². The number of ether oxygens (including phenoxy) is 1. The van der Waals surface area contributed by atoms with E-state index < -0.39 is 13.0 Å². The number of anilines is 1. The molecule has 1 aromatic heterocycles. The second kappa shape index (κ2) is 6.33. The van der Waals surface area contributed by atoms with Crippen molar-refractivity contribution in [2.24, 2.45) is 0 Å². The highest BCUT2D eigenvalue weighted by Crippen LogP contribution is 2.22. The molecule has 3 rings (SSSR count). The SMILES string of the molecule is C[Si](C)(C)c1nnn(-c2ccc([N+](=O)[O-])cc2)c1N1CCOCC1. The van der Waals surface area contributed by atoms with Crippen LogP contribution >= 0.6 is 0 Å². The smallest absolute Gasteiger partial charge is 0.269 e. The highest BCUT2D eigenvalue weighted by molar-refractivity contribution is 6.89. The summed E-state index contributed by atoms with van der Waals surface area (Å²) < 4.78 is 7.25. The minimum Gasteiger partial charge on any atom is -0.378 e. The number of non-ortho nitro benzene ring substituents is 1. The van der Waals surface area contributed by atoms with Crippen molar-refractivity contribution >= 4 is 24.9 Å². The van der Waals surface area contributed by atoms with Gasteiger partial charge in [-0.3, -0.25) is 10.1 Å². The van der Waals surface area contributed by atoms with Gasteiger partial charge in [0.2, 0.25) is 0 Å². The van der Waals surface area contributed by atoms with Crippen LogP contribution in [0, 0.1) is 10.1 Å².